The van der Waals surface area contributed by atoms with Gasteiger partial charge in [-0.2, -0.15) is 0 Å². The summed E-state index contributed by atoms with van der Waals surface area (Å²) in [4.78, 5) is 14.1. The first-order valence-corrected chi connectivity index (χ1v) is 7.41. The summed E-state index contributed by atoms with van der Waals surface area (Å²) in [5.74, 6) is 0.120. The average molecular weight is 271 g/mol. The van der Waals surface area contributed by atoms with Gasteiger partial charge in [0.2, 0.25) is 5.91 Å². The molecule has 19 heavy (non-hydrogen) atoms. The molecule has 0 bridgehead atoms. The molecule has 0 aromatic rings. The summed E-state index contributed by atoms with van der Waals surface area (Å²) in [7, 11) is 4.10. The molecule has 0 aromatic carbocycles. The summed E-state index contributed by atoms with van der Waals surface area (Å²) in [5, 5.41) is 6.28. The number of piperidine rings is 1. The topological polar surface area (TPSA) is 53.6 Å². The quantitative estimate of drug-likeness (QED) is 0.679. The maximum Gasteiger partial charge on any atom is 0.237 e. The van der Waals surface area contributed by atoms with Crippen LogP contribution >= 0.6 is 0 Å². The second-order valence-corrected chi connectivity index (χ2v) is 5.42. The Balaban J connectivity index is 2.26. The van der Waals surface area contributed by atoms with Gasteiger partial charge in [0.25, 0.3) is 0 Å². The van der Waals surface area contributed by atoms with Gasteiger partial charge in [0, 0.05) is 19.7 Å². The molecule has 2 unspecified atom stereocenters. The van der Waals surface area contributed by atoms with E-state index in [2.05, 4.69) is 15.5 Å². The third-order valence-electron chi connectivity index (χ3n) is 3.43. The molecule has 0 aliphatic carbocycles. The average Bonchev–Trinajstić information content (AvgIpc) is 2.42. The van der Waals surface area contributed by atoms with E-state index in [0.717, 1.165) is 32.4 Å². The molecule has 1 heterocycles. The summed E-state index contributed by atoms with van der Waals surface area (Å²) >= 11 is 0. The molecule has 0 aromatic heterocycles. The number of carbonyl (C=O) groups is 1. The summed E-state index contributed by atoms with van der Waals surface area (Å²) < 4.78 is 5.67. The Labute approximate surface area is 117 Å². The van der Waals surface area contributed by atoms with Crippen molar-refractivity contribution in [3.63, 3.8) is 0 Å². The van der Waals surface area contributed by atoms with Gasteiger partial charge in [-0.25, -0.2) is 0 Å². The molecule has 0 spiro atoms. The zero-order chi connectivity index (χ0) is 14.1. The van der Waals surface area contributed by atoms with Gasteiger partial charge in [-0.15, -0.1) is 0 Å². The maximum atomic E-state index is 12.0. The van der Waals surface area contributed by atoms with E-state index in [-0.39, 0.29) is 18.1 Å². The zero-order valence-corrected chi connectivity index (χ0v) is 12.6. The highest BCUT2D eigenvalue weighted by Crippen LogP contribution is 2.07. The Hall–Kier alpha value is -0.650. The number of carbonyl (C=O) groups excluding carboxylic acids is 1. The first-order valence-electron chi connectivity index (χ1n) is 7.41. The fourth-order valence-electron chi connectivity index (χ4n) is 2.30. The second kappa shape index (κ2) is 9.28. The van der Waals surface area contributed by atoms with E-state index in [9.17, 15) is 4.79 Å². The van der Waals surface area contributed by atoms with E-state index in [1.54, 1.807) is 0 Å². The minimum absolute atomic E-state index is 0.00937. The second-order valence-electron chi connectivity index (χ2n) is 5.42. The van der Waals surface area contributed by atoms with Crippen LogP contribution in [0.3, 0.4) is 0 Å². The molecule has 1 saturated heterocycles. The molecular formula is C14H29N3O2. The first-order chi connectivity index (χ1) is 9.13. The van der Waals surface area contributed by atoms with Crippen LogP contribution in [0.25, 0.3) is 0 Å². The summed E-state index contributed by atoms with van der Waals surface area (Å²) in [6.45, 7) is 5.22. The Morgan fingerprint density at radius 3 is 2.84 bits per heavy atom. The van der Waals surface area contributed by atoms with E-state index in [0.29, 0.717) is 13.2 Å². The van der Waals surface area contributed by atoms with Crippen LogP contribution in [0.4, 0.5) is 0 Å². The van der Waals surface area contributed by atoms with Crippen LogP contribution in [0.5, 0.6) is 0 Å². The van der Waals surface area contributed by atoms with Gasteiger partial charge in [0.15, 0.2) is 0 Å². The number of hydrogen-bond donors (Lipinski definition) is 2. The van der Waals surface area contributed by atoms with Crippen molar-refractivity contribution in [3.05, 3.63) is 0 Å². The molecule has 2 atom stereocenters. The third-order valence-corrected chi connectivity index (χ3v) is 3.43. The largest absolute Gasteiger partial charge is 0.377 e. The van der Waals surface area contributed by atoms with Gasteiger partial charge < -0.3 is 20.3 Å². The molecule has 2 N–H and O–H groups in total. The molecule has 1 aliphatic heterocycles. The highest BCUT2D eigenvalue weighted by atomic mass is 16.5. The van der Waals surface area contributed by atoms with Crippen LogP contribution in [0.1, 0.15) is 32.6 Å². The summed E-state index contributed by atoms with van der Waals surface area (Å²) in [5.41, 5.74) is 0. The van der Waals surface area contributed by atoms with E-state index in [4.69, 9.17) is 4.74 Å². The van der Waals surface area contributed by atoms with Gasteiger partial charge >= 0.3 is 0 Å². The van der Waals surface area contributed by atoms with Crippen molar-refractivity contribution in [2.24, 2.45) is 0 Å². The monoisotopic (exact) mass is 271 g/mol. The smallest absolute Gasteiger partial charge is 0.237 e. The van der Waals surface area contributed by atoms with Crippen LogP contribution in [0.15, 0.2) is 0 Å². The lowest BCUT2D eigenvalue weighted by molar-refractivity contribution is -0.124. The fourth-order valence-corrected chi connectivity index (χ4v) is 2.30. The van der Waals surface area contributed by atoms with Gasteiger partial charge in [-0.3, -0.25) is 4.79 Å². The number of ether oxygens (including phenoxy) is 1. The Bertz CT molecular complexity index is 253. The van der Waals surface area contributed by atoms with Gasteiger partial charge in [-0.05, 0) is 46.8 Å². The predicted octanol–water partition coefficient (Wildman–Crippen LogP) is 0.602. The van der Waals surface area contributed by atoms with Crippen molar-refractivity contribution < 1.29 is 9.53 Å². The maximum absolute atomic E-state index is 12.0. The molecule has 1 amide bonds. The van der Waals surface area contributed by atoms with Crippen molar-refractivity contribution in [2.75, 3.05) is 40.3 Å². The minimum atomic E-state index is -0.00937. The number of nitrogens with zero attached hydrogens (tertiary/aromatic N) is 1. The van der Waals surface area contributed by atoms with Crippen LogP contribution in [-0.4, -0.2) is 63.3 Å². The fraction of sp³-hybridized carbons (Fsp3) is 0.929. The normalized spacial score (nSPS) is 21.4. The Morgan fingerprint density at radius 2 is 2.26 bits per heavy atom. The predicted molar refractivity (Wildman–Crippen MR) is 77.2 cm³/mol. The van der Waals surface area contributed by atoms with Gasteiger partial charge in [0.1, 0.15) is 0 Å². The zero-order valence-electron chi connectivity index (χ0n) is 12.6. The lowest BCUT2D eigenvalue weighted by atomic mass is 10.0. The molecule has 5 heteroatoms. The lowest BCUT2D eigenvalue weighted by Crippen LogP contribution is -2.48. The van der Waals surface area contributed by atoms with E-state index >= 15 is 0 Å². The highest BCUT2D eigenvalue weighted by molar-refractivity contribution is 5.81. The number of amides is 1. The van der Waals surface area contributed by atoms with Crippen LogP contribution in [0, 0.1) is 0 Å². The number of rotatable bonds is 8. The van der Waals surface area contributed by atoms with E-state index in [1.165, 1.54) is 6.42 Å². The SMILES string of the molecule is CCOC(CCN(C)C)CNC(=O)C1CCCCN1. The molecule has 0 radical (unpaired) electrons. The van der Waals surface area contributed by atoms with Crippen LogP contribution in [0.2, 0.25) is 0 Å². The van der Waals surface area contributed by atoms with Crippen molar-refractivity contribution in [2.45, 2.75) is 44.8 Å². The summed E-state index contributed by atoms with van der Waals surface area (Å²) in [6.07, 6.45) is 4.32. The highest BCUT2D eigenvalue weighted by Gasteiger charge is 2.21. The van der Waals surface area contributed by atoms with Crippen molar-refractivity contribution in [1.82, 2.24) is 15.5 Å². The van der Waals surface area contributed by atoms with Crippen molar-refractivity contribution >= 4 is 5.91 Å². The molecule has 1 fully saturated rings. The summed E-state index contributed by atoms with van der Waals surface area (Å²) in [6, 6.07) is -0.00937. The number of nitrogens with one attached hydrogen (secondary N) is 2. The number of hydrogen-bond acceptors (Lipinski definition) is 4. The lowest BCUT2D eigenvalue weighted by Gasteiger charge is -2.24. The third kappa shape index (κ3) is 6.89. The van der Waals surface area contributed by atoms with Gasteiger partial charge in [0.05, 0.1) is 12.1 Å². The van der Waals surface area contributed by atoms with Crippen molar-refractivity contribution in [3.8, 4) is 0 Å². The van der Waals surface area contributed by atoms with Gasteiger partial charge in [-0.1, -0.05) is 6.42 Å². The first kappa shape index (κ1) is 16.4. The molecule has 112 valence electrons. The standard InChI is InChI=1S/C14H29N3O2/c1-4-19-12(8-10-17(2)3)11-16-14(18)13-7-5-6-9-15-13/h12-13,15H,4-11H2,1-3H3,(H,16,18). The Kier molecular flexibility index (Phi) is 8.02. The van der Waals surface area contributed by atoms with E-state index < -0.39 is 0 Å². The molecule has 1 rings (SSSR count). The van der Waals surface area contributed by atoms with E-state index in [1.807, 2.05) is 21.0 Å². The van der Waals surface area contributed by atoms with Crippen LogP contribution < -0.4 is 10.6 Å². The Morgan fingerprint density at radius 1 is 1.47 bits per heavy atom. The molecule has 5 nitrogen and oxygen atoms in total. The molecule has 1 aliphatic rings. The molecule has 0 saturated carbocycles. The molecular weight excluding hydrogens is 242 g/mol. The van der Waals surface area contributed by atoms with Crippen LogP contribution in [-0.2, 0) is 9.53 Å². The minimum Gasteiger partial charge on any atom is -0.377 e. The van der Waals surface area contributed by atoms with Crippen molar-refractivity contribution in [1.29, 1.82) is 0 Å².